The second-order valence-corrected chi connectivity index (χ2v) is 9.87. The molecule has 3 aromatic rings. The number of thiol groups is 1. The Bertz CT molecular complexity index is 1070. The highest BCUT2D eigenvalue weighted by Crippen LogP contribution is 2.10. The molecule has 0 aliphatic rings. The summed E-state index contributed by atoms with van der Waals surface area (Å²) in [7, 11) is 0. The first-order valence-corrected chi connectivity index (χ1v) is 13.7. The highest BCUT2D eigenvalue weighted by Gasteiger charge is 2.29. The minimum Gasteiger partial charge on any atom is -0.354 e. The average molecular weight is 532 g/mol. The van der Waals surface area contributed by atoms with E-state index in [9.17, 15) is 14.4 Å². The van der Waals surface area contributed by atoms with Crippen LogP contribution < -0.4 is 16.0 Å². The number of aryl methyl sites for hydroxylation is 3. The molecule has 200 valence electrons. The predicted octanol–water partition coefficient (Wildman–Crippen LogP) is 3.90. The van der Waals surface area contributed by atoms with Crippen LogP contribution in [0.1, 0.15) is 36.0 Å². The number of rotatable bonds is 15. The van der Waals surface area contributed by atoms with Gasteiger partial charge in [-0.3, -0.25) is 14.4 Å². The van der Waals surface area contributed by atoms with Crippen molar-refractivity contribution in [2.75, 3.05) is 13.1 Å². The van der Waals surface area contributed by atoms with Crippen LogP contribution in [-0.4, -0.2) is 42.1 Å². The minimum atomic E-state index is -1.32. The Kier molecular flexibility index (Phi) is 12.4. The Hall–Kier alpha value is -3.58. The molecule has 0 spiro atoms. The molecule has 0 saturated carbocycles. The second-order valence-electron chi connectivity index (χ2n) is 9.24. The quantitative estimate of drug-likeness (QED) is 0.136. The summed E-state index contributed by atoms with van der Waals surface area (Å²) in [5, 5.41) is 7.61. The lowest BCUT2D eigenvalue weighted by Gasteiger charge is -2.20. The van der Waals surface area contributed by atoms with Crippen LogP contribution in [0.2, 0.25) is 0 Å². The normalized spacial score (nSPS) is 11.5. The number of hydrogen-bond acceptors (Lipinski definition) is 4. The van der Waals surface area contributed by atoms with Crippen molar-refractivity contribution in [3.8, 4) is 0 Å². The molecular weight excluding hydrogens is 494 g/mol. The molecular formula is C31H37N3O3S. The Balaban J connectivity index is 1.52. The maximum absolute atomic E-state index is 13.0. The maximum atomic E-state index is 13.0. The predicted molar refractivity (Wildman–Crippen MR) is 155 cm³/mol. The van der Waals surface area contributed by atoms with Crippen molar-refractivity contribution in [1.82, 2.24) is 16.0 Å². The molecule has 0 fully saturated rings. The number of carbonyl (C=O) groups is 3. The zero-order valence-corrected chi connectivity index (χ0v) is 22.5. The summed E-state index contributed by atoms with van der Waals surface area (Å²) in [6.07, 6.45) is 4.22. The molecule has 0 heterocycles. The molecule has 3 N–H and O–H groups in total. The molecule has 7 heteroatoms. The monoisotopic (exact) mass is 531 g/mol. The summed E-state index contributed by atoms with van der Waals surface area (Å²) in [6.45, 7) is 0.805. The van der Waals surface area contributed by atoms with Crippen LogP contribution in [0.4, 0.5) is 0 Å². The Morgan fingerprint density at radius 3 is 1.39 bits per heavy atom. The molecule has 0 aliphatic heterocycles. The van der Waals surface area contributed by atoms with Crippen LogP contribution in [0.15, 0.2) is 91.0 Å². The first kappa shape index (κ1) is 29.0. The molecule has 0 bridgehead atoms. The average Bonchev–Trinajstić information content (AvgIpc) is 2.96. The van der Waals surface area contributed by atoms with Crippen LogP contribution in [0.25, 0.3) is 0 Å². The first-order chi connectivity index (χ1) is 18.5. The first-order valence-electron chi connectivity index (χ1n) is 13.2. The smallest absolute Gasteiger partial charge is 0.252 e. The van der Waals surface area contributed by atoms with Gasteiger partial charge in [0.25, 0.3) is 11.8 Å². The van der Waals surface area contributed by atoms with Gasteiger partial charge in [-0.05, 0) is 55.2 Å². The molecule has 0 radical (unpaired) electrons. The summed E-state index contributed by atoms with van der Waals surface area (Å²) < 4.78 is 0. The molecule has 3 aromatic carbocycles. The highest BCUT2D eigenvalue weighted by molar-refractivity contribution is 7.81. The molecule has 1 atom stereocenters. The van der Waals surface area contributed by atoms with Gasteiger partial charge < -0.3 is 16.0 Å². The molecule has 38 heavy (non-hydrogen) atoms. The SMILES string of the molecule is O=C(NC(C(=O)NCCCc1ccccc1)C(=O)NCCCc1ccccc1)C(S)CCc1ccccc1. The molecule has 0 saturated heterocycles. The highest BCUT2D eigenvalue weighted by atomic mass is 32.1. The largest absolute Gasteiger partial charge is 0.354 e. The summed E-state index contributed by atoms with van der Waals surface area (Å²) >= 11 is 4.44. The lowest BCUT2D eigenvalue weighted by atomic mass is 10.1. The van der Waals surface area contributed by atoms with E-state index in [0.717, 1.165) is 31.2 Å². The van der Waals surface area contributed by atoms with Crippen molar-refractivity contribution in [3.63, 3.8) is 0 Å². The van der Waals surface area contributed by atoms with Gasteiger partial charge in [0.15, 0.2) is 6.04 Å². The second kappa shape index (κ2) is 16.3. The number of benzene rings is 3. The Labute approximate surface area is 231 Å². The fraction of sp³-hybridized carbons (Fsp3) is 0.323. The Morgan fingerprint density at radius 2 is 0.974 bits per heavy atom. The van der Waals surface area contributed by atoms with Gasteiger partial charge in [0.2, 0.25) is 5.91 Å². The van der Waals surface area contributed by atoms with Crippen molar-refractivity contribution in [2.24, 2.45) is 0 Å². The van der Waals surface area contributed by atoms with Gasteiger partial charge >= 0.3 is 0 Å². The lowest BCUT2D eigenvalue weighted by molar-refractivity contribution is -0.136. The zero-order valence-electron chi connectivity index (χ0n) is 21.6. The van der Waals surface area contributed by atoms with E-state index < -0.39 is 29.0 Å². The van der Waals surface area contributed by atoms with E-state index in [1.165, 1.54) is 11.1 Å². The molecule has 6 nitrogen and oxygen atoms in total. The number of hydrogen-bond donors (Lipinski definition) is 4. The Morgan fingerprint density at radius 1 is 0.579 bits per heavy atom. The summed E-state index contributed by atoms with van der Waals surface area (Å²) in [5.41, 5.74) is 3.46. The van der Waals surface area contributed by atoms with Crippen LogP contribution in [-0.2, 0) is 33.6 Å². The van der Waals surface area contributed by atoms with E-state index in [-0.39, 0.29) is 0 Å². The molecule has 3 amide bonds. The fourth-order valence-corrected chi connectivity index (χ4v) is 4.27. The van der Waals surface area contributed by atoms with Gasteiger partial charge in [-0.2, -0.15) is 12.6 Å². The van der Waals surface area contributed by atoms with Crippen molar-refractivity contribution < 1.29 is 14.4 Å². The van der Waals surface area contributed by atoms with Crippen molar-refractivity contribution in [1.29, 1.82) is 0 Å². The van der Waals surface area contributed by atoms with Gasteiger partial charge in [-0.25, -0.2) is 0 Å². The topological polar surface area (TPSA) is 87.3 Å². The van der Waals surface area contributed by atoms with Crippen molar-refractivity contribution >= 4 is 30.4 Å². The summed E-state index contributed by atoms with van der Waals surface area (Å²) in [6, 6.07) is 28.5. The molecule has 1 unspecified atom stereocenters. The summed E-state index contributed by atoms with van der Waals surface area (Å²) in [5.74, 6) is -1.47. The molecule has 0 aromatic heterocycles. The third-order valence-electron chi connectivity index (χ3n) is 6.23. The van der Waals surface area contributed by atoms with Crippen LogP contribution >= 0.6 is 12.6 Å². The van der Waals surface area contributed by atoms with Gasteiger partial charge in [-0.15, -0.1) is 0 Å². The standard InChI is InChI=1S/C31H37N3O3S/c35-29(27(38)21-20-26-16-8-3-9-17-26)34-28(30(36)32-22-10-18-24-12-4-1-5-13-24)31(37)33-23-11-19-25-14-6-2-7-15-25/h1-9,12-17,27-28,38H,10-11,18-23H2,(H,32,36)(H,33,37)(H,34,35). The van der Waals surface area contributed by atoms with E-state index >= 15 is 0 Å². The fourth-order valence-electron chi connectivity index (χ4n) is 4.07. The van der Waals surface area contributed by atoms with E-state index in [1.807, 2.05) is 91.0 Å². The van der Waals surface area contributed by atoms with E-state index in [0.29, 0.717) is 25.9 Å². The lowest BCUT2D eigenvalue weighted by Crippen LogP contribution is -2.56. The van der Waals surface area contributed by atoms with Gasteiger partial charge in [0, 0.05) is 13.1 Å². The third-order valence-corrected chi connectivity index (χ3v) is 6.72. The molecule has 3 rings (SSSR count). The maximum Gasteiger partial charge on any atom is 0.252 e. The van der Waals surface area contributed by atoms with Crippen LogP contribution in [0.5, 0.6) is 0 Å². The number of amides is 3. The van der Waals surface area contributed by atoms with Gasteiger partial charge in [0.1, 0.15) is 0 Å². The number of nitrogens with one attached hydrogen (secondary N) is 3. The van der Waals surface area contributed by atoms with Gasteiger partial charge in [-0.1, -0.05) is 91.0 Å². The van der Waals surface area contributed by atoms with E-state index in [1.54, 1.807) is 0 Å². The zero-order chi connectivity index (χ0) is 27.0. The van der Waals surface area contributed by atoms with Crippen LogP contribution in [0, 0.1) is 0 Å². The number of carbonyl (C=O) groups excluding carboxylic acids is 3. The van der Waals surface area contributed by atoms with Crippen molar-refractivity contribution in [2.45, 2.75) is 49.8 Å². The minimum absolute atomic E-state index is 0.402. The van der Waals surface area contributed by atoms with E-state index in [4.69, 9.17) is 0 Å². The van der Waals surface area contributed by atoms with E-state index in [2.05, 4.69) is 28.6 Å². The van der Waals surface area contributed by atoms with Gasteiger partial charge in [0.05, 0.1) is 5.25 Å². The van der Waals surface area contributed by atoms with Crippen molar-refractivity contribution in [3.05, 3.63) is 108 Å². The summed E-state index contributed by atoms with van der Waals surface area (Å²) in [4.78, 5) is 38.8. The third kappa shape index (κ3) is 10.4. The van der Waals surface area contributed by atoms with Crippen LogP contribution in [0.3, 0.4) is 0 Å². The molecule has 0 aliphatic carbocycles.